The second-order valence-electron chi connectivity index (χ2n) is 6.07. The first-order chi connectivity index (χ1) is 12.6. The van der Waals surface area contributed by atoms with Crippen molar-refractivity contribution in [2.24, 2.45) is 4.99 Å². The minimum Gasteiger partial charge on any atom is -0.357 e. The van der Waals surface area contributed by atoms with Crippen molar-refractivity contribution in [2.75, 3.05) is 43.4 Å². The van der Waals surface area contributed by atoms with E-state index in [0.717, 1.165) is 24.5 Å². The van der Waals surface area contributed by atoms with Gasteiger partial charge in [-0.3, -0.25) is 0 Å². The van der Waals surface area contributed by atoms with Crippen LogP contribution >= 0.6 is 35.7 Å². The smallest absolute Gasteiger partial charge is 0.215 e. The molecule has 2 N–H and O–H groups in total. The summed E-state index contributed by atoms with van der Waals surface area (Å²) in [6.07, 6.45) is 0.974. The summed E-state index contributed by atoms with van der Waals surface area (Å²) in [5, 5.41) is 6.33. The van der Waals surface area contributed by atoms with Crippen molar-refractivity contribution in [1.29, 1.82) is 0 Å². The fourth-order valence-electron chi connectivity index (χ4n) is 2.81. The van der Waals surface area contributed by atoms with Gasteiger partial charge in [-0.1, -0.05) is 31.2 Å². The fraction of sp³-hybridized carbons (Fsp3) is 0.611. The van der Waals surface area contributed by atoms with Crippen LogP contribution in [0.3, 0.4) is 0 Å². The van der Waals surface area contributed by atoms with Crippen molar-refractivity contribution in [1.82, 2.24) is 14.9 Å². The number of halogens is 1. The monoisotopic (exact) mass is 526 g/mol. The number of aliphatic imine (C=N–C) groups is 1. The highest BCUT2D eigenvalue weighted by Crippen LogP contribution is 2.13. The third-order valence-electron chi connectivity index (χ3n) is 4.27. The summed E-state index contributed by atoms with van der Waals surface area (Å²) in [6, 6.07) is 8.27. The normalized spacial score (nSPS) is 15.9. The molecule has 0 unspecified atom stereocenters. The Morgan fingerprint density at radius 3 is 2.44 bits per heavy atom. The number of rotatable bonds is 8. The number of sulfonamides is 1. The molecule has 1 aromatic rings. The number of hydrogen-bond acceptors (Lipinski definition) is 4. The van der Waals surface area contributed by atoms with Crippen LogP contribution in [0.15, 0.2) is 29.3 Å². The lowest BCUT2D eigenvalue weighted by Gasteiger charge is -2.25. The van der Waals surface area contributed by atoms with Gasteiger partial charge >= 0.3 is 0 Å². The van der Waals surface area contributed by atoms with Crippen molar-refractivity contribution in [3.63, 3.8) is 0 Å². The summed E-state index contributed by atoms with van der Waals surface area (Å²) in [4.78, 5) is 4.61. The molecule has 2 rings (SSSR count). The topological polar surface area (TPSA) is 73.8 Å². The van der Waals surface area contributed by atoms with Gasteiger partial charge in [-0.05, 0) is 24.5 Å². The molecule has 1 heterocycles. The Kier molecular flexibility index (Phi) is 11.7. The zero-order valence-corrected chi connectivity index (χ0v) is 20.1. The number of hydrogen-bond donors (Lipinski definition) is 2. The maximum Gasteiger partial charge on any atom is 0.215 e. The average Bonchev–Trinajstić information content (AvgIpc) is 2.67. The number of guanidine groups is 1. The van der Waals surface area contributed by atoms with Crippen molar-refractivity contribution in [3.8, 4) is 0 Å². The fourth-order valence-corrected chi connectivity index (χ4v) is 5.31. The molecule has 0 saturated carbocycles. The van der Waals surface area contributed by atoms with E-state index in [0.29, 0.717) is 32.1 Å². The second-order valence-corrected chi connectivity index (χ2v) is 9.38. The van der Waals surface area contributed by atoms with E-state index in [4.69, 9.17) is 0 Å². The molecule has 0 atom stereocenters. The lowest BCUT2D eigenvalue weighted by molar-refractivity contribution is 0.443. The van der Waals surface area contributed by atoms with E-state index in [1.165, 1.54) is 11.1 Å². The molecule has 27 heavy (non-hydrogen) atoms. The van der Waals surface area contributed by atoms with Crippen LogP contribution in [0.2, 0.25) is 0 Å². The standard InChI is InChI=1S/C18H30N4O2S2.HI/c1-3-16-7-5-6-8-17(16)15-21-18(19-4-2)20-9-14-26(23,24)22-10-12-25-13-11-22;/h5-8H,3-4,9-15H2,1-2H3,(H2,19,20,21);1H. The van der Waals surface area contributed by atoms with Gasteiger partial charge in [0.05, 0.1) is 12.3 Å². The van der Waals surface area contributed by atoms with Gasteiger partial charge in [0.25, 0.3) is 0 Å². The molecule has 1 fully saturated rings. The molecule has 154 valence electrons. The molecule has 1 aliphatic heterocycles. The third-order valence-corrected chi connectivity index (χ3v) is 7.08. The zero-order chi connectivity index (χ0) is 18.8. The van der Waals surface area contributed by atoms with Gasteiger partial charge in [0.2, 0.25) is 10.0 Å². The van der Waals surface area contributed by atoms with Crippen LogP contribution in [0, 0.1) is 0 Å². The molecule has 0 aliphatic carbocycles. The Hall–Kier alpha value is -0.520. The lowest BCUT2D eigenvalue weighted by Crippen LogP contribution is -2.44. The molecular weight excluding hydrogens is 495 g/mol. The third kappa shape index (κ3) is 8.16. The number of aryl methyl sites for hydroxylation is 1. The summed E-state index contributed by atoms with van der Waals surface area (Å²) in [6.45, 7) is 7.04. The van der Waals surface area contributed by atoms with Crippen molar-refractivity contribution in [3.05, 3.63) is 35.4 Å². The molecule has 0 amide bonds. The Labute approximate surface area is 185 Å². The molecule has 0 radical (unpaired) electrons. The lowest BCUT2D eigenvalue weighted by atomic mass is 10.1. The van der Waals surface area contributed by atoms with Gasteiger partial charge < -0.3 is 10.6 Å². The molecule has 9 heteroatoms. The van der Waals surface area contributed by atoms with Gasteiger partial charge in [-0.25, -0.2) is 17.7 Å². The van der Waals surface area contributed by atoms with Gasteiger partial charge in [0, 0.05) is 37.7 Å². The van der Waals surface area contributed by atoms with Crippen LogP contribution < -0.4 is 10.6 Å². The van der Waals surface area contributed by atoms with E-state index in [9.17, 15) is 8.42 Å². The zero-order valence-electron chi connectivity index (χ0n) is 16.1. The maximum atomic E-state index is 12.4. The van der Waals surface area contributed by atoms with Crippen molar-refractivity contribution in [2.45, 2.75) is 26.8 Å². The van der Waals surface area contributed by atoms with Gasteiger partial charge in [0.1, 0.15) is 0 Å². The Bertz CT molecular complexity index is 692. The first-order valence-corrected chi connectivity index (χ1v) is 12.0. The molecule has 1 aromatic carbocycles. The SMILES string of the molecule is CCNC(=NCc1ccccc1CC)NCCS(=O)(=O)N1CCSCC1.I. The van der Waals surface area contributed by atoms with Gasteiger partial charge in [0.15, 0.2) is 5.96 Å². The minimum absolute atomic E-state index is 0. The molecule has 6 nitrogen and oxygen atoms in total. The average molecular weight is 527 g/mol. The van der Waals surface area contributed by atoms with Crippen LogP contribution in [-0.2, 0) is 23.0 Å². The van der Waals surface area contributed by atoms with E-state index in [1.807, 2.05) is 19.1 Å². The van der Waals surface area contributed by atoms with E-state index < -0.39 is 10.0 Å². The molecule has 0 spiro atoms. The molecule has 1 saturated heterocycles. The summed E-state index contributed by atoms with van der Waals surface area (Å²) < 4.78 is 26.4. The van der Waals surface area contributed by atoms with Crippen LogP contribution in [0.25, 0.3) is 0 Å². The number of thioether (sulfide) groups is 1. The van der Waals surface area contributed by atoms with Gasteiger partial charge in [-0.2, -0.15) is 11.8 Å². The Balaban J connectivity index is 0.00000364. The number of nitrogens with zero attached hydrogens (tertiary/aromatic N) is 2. The predicted octanol–water partition coefficient (Wildman–Crippen LogP) is 2.30. The molecule has 1 aliphatic rings. The Morgan fingerprint density at radius 2 is 1.81 bits per heavy atom. The van der Waals surface area contributed by atoms with Crippen LogP contribution in [0.4, 0.5) is 0 Å². The number of benzene rings is 1. The highest BCUT2D eigenvalue weighted by molar-refractivity contribution is 14.0. The Morgan fingerprint density at radius 1 is 1.15 bits per heavy atom. The largest absolute Gasteiger partial charge is 0.357 e. The summed E-state index contributed by atoms with van der Waals surface area (Å²) in [5.74, 6) is 2.51. The highest BCUT2D eigenvalue weighted by atomic mass is 127. The van der Waals surface area contributed by atoms with E-state index in [-0.39, 0.29) is 29.7 Å². The van der Waals surface area contributed by atoms with E-state index in [2.05, 4.69) is 34.7 Å². The minimum atomic E-state index is -3.20. The first-order valence-electron chi connectivity index (χ1n) is 9.21. The molecule has 0 bridgehead atoms. The molecular formula is C18H31IN4O2S2. The quantitative estimate of drug-likeness (QED) is 0.309. The summed E-state index contributed by atoms with van der Waals surface area (Å²) >= 11 is 1.81. The van der Waals surface area contributed by atoms with Crippen LogP contribution in [-0.4, -0.2) is 62.1 Å². The first kappa shape index (κ1) is 24.5. The van der Waals surface area contributed by atoms with Crippen molar-refractivity contribution < 1.29 is 8.42 Å². The maximum absolute atomic E-state index is 12.4. The van der Waals surface area contributed by atoms with E-state index in [1.54, 1.807) is 16.1 Å². The number of nitrogens with one attached hydrogen (secondary N) is 2. The van der Waals surface area contributed by atoms with Crippen LogP contribution in [0.1, 0.15) is 25.0 Å². The van der Waals surface area contributed by atoms with E-state index >= 15 is 0 Å². The van der Waals surface area contributed by atoms with Crippen LogP contribution in [0.5, 0.6) is 0 Å². The highest BCUT2D eigenvalue weighted by Gasteiger charge is 2.23. The molecule has 0 aromatic heterocycles. The van der Waals surface area contributed by atoms with Crippen molar-refractivity contribution >= 4 is 51.7 Å². The summed E-state index contributed by atoms with van der Waals surface area (Å²) in [5.41, 5.74) is 2.49. The second kappa shape index (κ2) is 12.8. The predicted molar refractivity (Wildman–Crippen MR) is 127 cm³/mol. The van der Waals surface area contributed by atoms with Gasteiger partial charge in [-0.15, -0.1) is 24.0 Å². The summed E-state index contributed by atoms with van der Waals surface area (Å²) in [7, 11) is -3.20.